The van der Waals surface area contributed by atoms with Crippen molar-refractivity contribution in [3.8, 4) is 23.0 Å². The van der Waals surface area contributed by atoms with Crippen molar-refractivity contribution in [1.82, 2.24) is 0 Å². The Labute approximate surface area is 169 Å². The first-order valence-electron chi connectivity index (χ1n) is 9.34. The quantitative estimate of drug-likeness (QED) is 0.771. The van der Waals surface area contributed by atoms with E-state index in [4.69, 9.17) is 23.7 Å². The molecule has 0 radical (unpaired) electrons. The lowest BCUT2D eigenvalue weighted by Gasteiger charge is -2.41. The van der Waals surface area contributed by atoms with Crippen LogP contribution >= 0.6 is 0 Å². The largest absolute Gasteiger partial charge is 0.493 e. The van der Waals surface area contributed by atoms with Gasteiger partial charge in [0.25, 0.3) is 0 Å². The van der Waals surface area contributed by atoms with E-state index in [1.54, 1.807) is 38.5 Å². The zero-order valence-electron chi connectivity index (χ0n) is 16.9. The molecule has 29 heavy (non-hydrogen) atoms. The molecule has 1 fully saturated rings. The number of rotatable bonds is 5. The van der Waals surface area contributed by atoms with Crippen molar-refractivity contribution in [2.75, 3.05) is 35.0 Å². The van der Waals surface area contributed by atoms with Crippen molar-refractivity contribution in [1.29, 1.82) is 0 Å². The summed E-state index contributed by atoms with van der Waals surface area (Å²) in [6.07, 6.45) is 0.599. The number of methoxy groups -OCH3 is 4. The predicted octanol–water partition coefficient (Wildman–Crippen LogP) is 2.30. The molecular formula is C22H24O7. The number of fused-ring (bicyclic) bond motifs is 2. The summed E-state index contributed by atoms with van der Waals surface area (Å²) in [5, 5.41) is 12.1. The second kappa shape index (κ2) is 7.15. The predicted molar refractivity (Wildman–Crippen MR) is 104 cm³/mol. The van der Waals surface area contributed by atoms with Crippen molar-refractivity contribution in [2.45, 2.75) is 12.0 Å². The van der Waals surface area contributed by atoms with Gasteiger partial charge in [-0.3, -0.25) is 4.79 Å². The van der Waals surface area contributed by atoms with Crippen LogP contribution in [0.1, 0.15) is 16.7 Å². The Morgan fingerprint density at radius 2 is 1.55 bits per heavy atom. The standard InChI is InChI=1S/C22H24O7/c1-25-16-6-5-14(9-18(16)27-3)22(24)15-10-19(28-4)17(26-2)8-12(15)7-13-11-29-21(23)20(13)22/h5-6,8-10,13,20,24H,7,11H2,1-4H3/t13-,20+,22+/m0/s1. The summed E-state index contributed by atoms with van der Waals surface area (Å²) < 4.78 is 27.0. The lowest BCUT2D eigenvalue weighted by molar-refractivity contribution is -0.148. The molecule has 1 heterocycles. The summed E-state index contributed by atoms with van der Waals surface area (Å²) in [5.41, 5.74) is 0.407. The van der Waals surface area contributed by atoms with E-state index in [-0.39, 0.29) is 12.5 Å². The highest BCUT2D eigenvalue weighted by molar-refractivity contribution is 5.79. The van der Waals surface area contributed by atoms with Gasteiger partial charge in [-0.05, 0) is 47.4 Å². The highest BCUT2D eigenvalue weighted by atomic mass is 16.5. The lowest BCUT2D eigenvalue weighted by Crippen LogP contribution is -2.46. The van der Waals surface area contributed by atoms with Gasteiger partial charge in [-0.1, -0.05) is 6.07 Å². The fourth-order valence-electron chi connectivity index (χ4n) is 4.56. The van der Waals surface area contributed by atoms with Crippen LogP contribution < -0.4 is 18.9 Å². The van der Waals surface area contributed by atoms with Crippen molar-refractivity contribution < 1.29 is 33.6 Å². The van der Waals surface area contributed by atoms with Crippen molar-refractivity contribution in [2.24, 2.45) is 11.8 Å². The van der Waals surface area contributed by atoms with Gasteiger partial charge in [0.1, 0.15) is 11.5 Å². The second-order valence-corrected chi connectivity index (χ2v) is 7.27. The molecule has 154 valence electrons. The summed E-state index contributed by atoms with van der Waals surface area (Å²) >= 11 is 0. The summed E-state index contributed by atoms with van der Waals surface area (Å²) in [6, 6.07) is 8.77. The highest BCUT2D eigenvalue weighted by Gasteiger charge is 2.56. The molecule has 2 aromatic rings. The number of benzene rings is 2. The number of cyclic esters (lactones) is 1. The molecule has 7 heteroatoms. The maximum atomic E-state index is 12.7. The highest BCUT2D eigenvalue weighted by Crippen LogP contribution is 2.52. The molecule has 0 spiro atoms. The minimum atomic E-state index is -1.61. The molecule has 1 aliphatic carbocycles. The number of ether oxygens (including phenoxy) is 5. The second-order valence-electron chi connectivity index (χ2n) is 7.27. The van der Waals surface area contributed by atoms with Gasteiger partial charge < -0.3 is 28.8 Å². The molecule has 3 atom stereocenters. The molecule has 2 aliphatic rings. The molecule has 0 aromatic heterocycles. The van der Waals surface area contributed by atoms with Crippen molar-refractivity contribution in [3.05, 3.63) is 47.0 Å². The van der Waals surface area contributed by atoms with Crippen molar-refractivity contribution in [3.63, 3.8) is 0 Å². The van der Waals surface area contributed by atoms with E-state index >= 15 is 0 Å². The van der Waals surface area contributed by atoms with Gasteiger partial charge in [0, 0.05) is 5.92 Å². The van der Waals surface area contributed by atoms with E-state index in [9.17, 15) is 9.90 Å². The van der Waals surface area contributed by atoms with E-state index in [1.165, 1.54) is 14.2 Å². The Bertz CT molecular complexity index is 954. The number of carbonyl (C=O) groups is 1. The lowest BCUT2D eigenvalue weighted by atomic mass is 9.64. The van der Waals surface area contributed by atoms with Crippen LogP contribution in [0.25, 0.3) is 0 Å². The molecule has 7 nitrogen and oxygen atoms in total. The van der Waals surface area contributed by atoms with E-state index in [2.05, 4.69) is 0 Å². The Balaban J connectivity index is 1.98. The van der Waals surface area contributed by atoms with Gasteiger partial charge in [-0.25, -0.2) is 0 Å². The van der Waals surface area contributed by atoms with Gasteiger partial charge >= 0.3 is 5.97 Å². The van der Waals surface area contributed by atoms with Crippen LogP contribution in [0.2, 0.25) is 0 Å². The number of hydrogen-bond acceptors (Lipinski definition) is 7. The zero-order chi connectivity index (χ0) is 20.8. The zero-order valence-corrected chi connectivity index (χ0v) is 16.9. The summed E-state index contributed by atoms with van der Waals surface area (Å²) in [7, 11) is 6.18. The molecule has 1 N–H and O–H groups in total. The Morgan fingerprint density at radius 1 is 0.931 bits per heavy atom. The number of hydrogen-bond donors (Lipinski definition) is 1. The molecule has 4 rings (SSSR count). The molecule has 0 amide bonds. The third kappa shape index (κ3) is 2.80. The number of carbonyl (C=O) groups excluding carboxylic acids is 1. The van der Waals surface area contributed by atoms with E-state index in [0.717, 1.165) is 5.56 Å². The molecule has 2 aromatic carbocycles. The van der Waals surface area contributed by atoms with Crippen LogP contribution in [0, 0.1) is 11.8 Å². The SMILES string of the molecule is COc1ccc([C@@]2(O)c3cc(OC)c(OC)cc3C[C@H]3COC(=O)[C@@H]32)cc1OC. The summed E-state index contributed by atoms with van der Waals surface area (Å²) in [6.45, 7) is 0.271. The molecule has 1 aliphatic heterocycles. The average Bonchev–Trinajstić information content (AvgIpc) is 3.13. The van der Waals surface area contributed by atoms with E-state index in [1.807, 2.05) is 6.07 Å². The van der Waals surface area contributed by atoms with Crippen LogP contribution in [0.15, 0.2) is 30.3 Å². The number of aliphatic hydroxyl groups is 1. The smallest absolute Gasteiger partial charge is 0.313 e. The minimum Gasteiger partial charge on any atom is -0.493 e. The topological polar surface area (TPSA) is 83.5 Å². The van der Waals surface area contributed by atoms with Gasteiger partial charge in [0.15, 0.2) is 23.0 Å². The normalized spacial score (nSPS) is 24.9. The summed E-state index contributed by atoms with van der Waals surface area (Å²) in [4.78, 5) is 12.7. The first-order valence-corrected chi connectivity index (χ1v) is 9.34. The van der Waals surface area contributed by atoms with Crippen LogP contribution in [-0.2, 0) is 21.6 Å². The molecule has 1 saturated heterocycles. The third-order valence-electron chi connectivity index (χ3n) is 5.94. The minimum absolute atomic E-state index is 0.147. The fourth-order valence-corrected chi connectivity index (χ4v) is 4.56. The van der Waals surface area contributed by atoms with Gasteiger partial charge in [0.05, 0.1) is 35.0 Å². The van der Waals surface area contributed by atoms with Crippen molar-refractivity contribution >= 4 is 5.97 Å². The molecule has 0 bridgehead atoms. The Hall–Kier alpha value is -2.93. The summed E-state index contributed by atoms with van der Waals surface area (Å²) in [5.74, 6) is 0.771. The van der Waals surface area contributed by atoms with E-state index < -0.39 is 17.5 Å². The first-order chi connectivity index (χ1) is 14.0. The van der Waals surface area contributed by atoms with Crippen LogP contribution in [-0.4, -0.2) is 46.1 Å². The molecule has 0 saturated carbocycles. The van der Waals surface area contributed by atoms with Crippen LogP contribution in [0.4, 0.5) is 0 Å². The molecule has 0 unspecified atom stereocenters. The fraction of sp³-hybridized carbons (Fsp3) is 0.409. The third-order valence-corrected chi connectivity index (χ3v) is 5.94. The Kier molecular flexibility index (Phi) is 4.78. The van der Waals surface area contributed by atoms with Gasteiger partial charge in [-0.15, -0.1) is 0 Å². The van der Waals surface area contributed by atoms with E-state index in [0.29, 0.717) is 40.5 Å². The maximum absolute atomic E-state index is 12.7. The first kappa shape index (κ1) is 19.4. The maximum Gasteiger partial charge on any atom is 0.313 e. The average molecular weight is 400 g/mol. The van der Waals surface area contributed by atoms with Crippen LogP contribution in [0.5, 0.6) is 23.0 Å². The Morgan fingerprint density at radius 3 is 2.21 bits per heavy atom. The van der Waals surface area contributed by atoms with Gasteiger partial charge in [-0.2, -0.15) is 0 Å². The molecular weight excluding hydrogens is 376 g/mol. The van der Waals surface area contributed by atoms with Crippen LogP contribution in [0.3, 0.4) is 0 Å². The monoisotopic (exact) mass is 400 g/mol. The van der Waals surface area contributed by atoms with Gasteiger partial charge in [0.2, 0.25) is 0 Å². The number of esters is 1.